The Morgan fingerprint density at radius 1 is 1.25 bits per heavy atom. The van der Waals surface area contributed by atoms with Crippen LogP contribution >= 0.6 is 24.0 Å². The molecule has 0 aliphatic carbocycles. The third kappa shape index (κ3) is 5.42. The molecular formula is C18H22Cl2FN3. The monoisotopic (exact) mass is 369 g/mol. The Bertz CT molecular complexity index is 633. The number of hydrogen-bond donors (Lipinski definition) is 1. The van der Waals surface area contributed by atoms with Crippen molar-refractivity contribution in [2.24, 2.45) is 5.92 Å². The van der Waals surface area contributed by atoms with E-state index in [0.717, 1.165) is 38.3 Å². The Hall–Kier alpha value is -1.20. The summed E-state index contributed by atoms with van der Waals surface area (Å²) in [4.78, 5) is 6.58. The topological polar surface area (TPSA) is 28.2 Å². The molecular weight excluding hydrogens is 348 g/mol. The molecule has 1 N–H and O–H groups in total. The first-order valence-electron chi connectivity index (χ1n) is 7.96. The molecule has 3 nitrogen and oxygen atoms in total. The number of aromatic nitrogens is 1. The third-order valence-electron chi connectivity index (χ3n) is 4.20. The Morgan fingerprint density at radius 3 is 2.75 bits per heavy atom. The average Bonchev–Trinajstić information content (AvgIpc) is 3.05. The van der Waals surface area contributed by atoms with E-state index in [1.807, 2.05) is 18.3 Å². The fourth-order valence-corrected chi connectivity index (χ4v) is 3.27. The molecule has 0 amide bonds. The second kappa shape index (κ2) is 9.33. The molecule has 3 rings (SSSR count). The SMILES string of the molecule is Cl.Fc1ccc(CN(Cc2cccnc2)CC2CCNC2)cc1Cl. The average molecular weight is 370 g/mol. The molecule has 2 aromatic rings. The van der Waals surface area contributed by atoms with Crippen molar-refractivity contribution in [2.45, 2.75) is 19.5 Å². The highest BCUT2D eigenvalue weighted by Gasteiger charge is 2.19. The van der Waals surface area contributed by atoms with Gasteiger partial charge in [-0.3, -0.25) is 9.88 Å². The van der Waals surface area contributed by atoms with Crippen molar-refractivity contribution < 1.29 is 4.39 Å². The normalized spacial score (nSPS) is 17.0. The second-order valence-corrected chi connectivity index (χ2v) is 6.55. The summed E-state index contributed by atoms with van der Waals surface area (Å²) in [5.74, 6) is 0.289. The second-order valence-electron chi connectivity index (χ2n) is 6.14. The van der Waals surface area contributed by atoms with Crippen LogP contribution in [0.3, 0.4) is 0 Å². The van der Waals surface area contributed by atoms with Crippen molar-refractivity contribution in [3.8, 4) is 0 Å². The van der Waals surface area contributed by atoms with E-state index in [-0.39, 0.29) is 23.2 Å². The molecule has 1 fully saturated rings. The van der Waals surface area contributed by atoms with Gasteiger partial charge in [-0.25, -0.2) is 4.39 Å². The standard InChI is InChI=1S/C18H21ClFN3.ClH/c19-17-8-14(3-4-18(17)20)11-23(13-16-5-7-22-10-16)12-15-2-1-6-21-9-15;/h1-4,6,8-9,16,22H,5,7,10-13H2;1H. The van der Waals surface area contributed by atoms with Gasteiger partial charge in [0.25, 0.3) is 0 Å². The summed E-state index contributed by atoms with van der Waals surface area (Å²) < 4.78 is 13.3. The molecule has 0 saturated carbocycles. The zero-order valence-electron chi connectivity index (χ0n) is 13.4. The molecule has 1 aliphatic heterocycles. The van der Waals surface area contributed by atoms with Gasteiger partial charge in [-0.2, -0.15) is 0 Å². The Balaban J connectivity index is 0.00000208. The summed E-state index contributed by atoms with van der Waals surface area (Å²) in [5, 5.41) is 3.60. The Kier molecular flexibility index (Phi) is 7.43. The van der Waals surface area contributed by atoms with Gasteiger partial charge >= 0.3 is 0 Å². The number of hydrogen-bond acceptors (Lipinski definition) is 3. The lowest BCUT2D eigenvalue weighted by atomic mass is 10.1. The van der Waals surface area contributed by atoms with Crippen molar-refractivity contribution >= 4 is 24.0 Å². The van der Waals surface area contributed by atoms with Crippen LogP contribution in [0.1, 0.15) is 17.5 Å². The van der Waals surface area contributed by atoms with Crippen molar-refractivity contribution in [3.05, 3.63) is 64.7 Å². The van der Waals surface area contributed by atoms with Crippen molar-refractivity contribution in [3.63, 3.8) is 0 Å². The Morgan fingerprint density at radius 2 is 2.08 bits per heavy atom. The maximum atomic E-state index is 13.3. The van der Waals surface area contributed by atoms with Gasteiger partial charge < -0.3 is 5.32 Å². The first-order chi connectivity index (χ1) is 11.2. The fourth-order valence-electron chi connectivity index (χ4n) is 3.07. The highest BCUT2D eigenvalue weighted by Crippen LogP contribution is 2.20. The molecule has 6 heteroatoms. The zero-order valence-corrected chi connectivity index (χ0v) is 15.0. The van der Waals surface area contributed by atoms with Crippen LogP contribution in [0.2, 0.25) is 5.02 Å². The van der Waals surface area contributed by atoms with E-state index in [9.17, 15) is 4.39 Å². The van der Waals surface area contributed by atoms with E-state index in [2.05, 4.69) is 21.3 Å². The lowest BCUT2D eigenvalue weighted by Gasteiger charge is -2.25. The van der Waals surface area contributed by atoms with Gasteiger partial charge in [0.15, 0.2) is 0 Å². The molecule has 1 aromatic heterocycles. The molecule has 1 unspecified atom stereocenters. The minimum absolute atomic E-state index is 0. The summed E-state index contributed by atoms with van der Waals surface area (Å²) in [5.41, 5.74) is 2.22. The fraction of sp³-hybridized carbons (Fsp3) is 0.389. The number of rotatable bonds is 6. The first-order valence-corrected chi connectivity index (χ1v) is 8.34. The van der Waals surface area contributed by atoms with E-state index in [4.69, 9.17) is 11.6 Å². The zero-order chi connectivity index (χ0) is 16.1. The van der Waals surface area contributed by atoms with Crippen LogP contribution in [0.5, 0.6) is 0 Å². The van der Waals surface area contributed by atoms with Gasteiger partial charge in [-0.05, 0) is 54.8 Å². The summed E-state index contributed by atoms with van der Waals surface area (Å²) in [6, 6.07) is 9.02. The lowest BCUT2D eigenvalue weighted by molar-refractivity contribution is 0.220. The van der Waals surface area contributed by atoms with Crippen molar-refractivity contribution in [2.75, 3.05) is 19.6 Å². The van der Waals surface area contributed by atoms with Gasteiger partial charge in [0, 0.05) is 32.0 Å². The molecule has 1 saturated heterocycles. The molecule has 1 aromatic carbocycles. The summed E-state index contributed by atoms with van der Waals surface area (Å²) in [6.45, 7) is 4.75. The van der Waals surface area contributed by atoms with Gasteiger partial charge in [-0.1, -0.05) is 23.7 Å². The molecule has 0 bridgehead atoms. The van der Waals surface area contributed by atoms with Crippen LogP contribution in [-0.4, -0.2) is 29.5 Å². The summed E-state index contributed by atoms with van der Waals surface area (Å²) in [6.07, 6.45) is 4.89. The summed E-state index contributed by atoms with van der Waals surface area (Å²) in [7, 11) is 0. The number of halogens is 3. The largest absolute Gasteiger partial charge is 0.316 e. The van der Waals surface area contributed by atoms with E-state index in [0.29, 0.717) is 5.92 Å². The molecule has 2 heterocycles. The van der Waals surface area contributed by atoms with E-state index in [1.165, 1.54) is 18.1 Å². The number of nitrogens with one attached hydrogen (secondary N) is 1. The Labute approximate surface area is 153 Å². The maximum Gasteiger partial charge on any atom is 0.141 e. The molecule has 0 spiro atoms. The lowest BCUT2D eigenvalue weighted by Crippen LogP contribution is -2.30. The number of pyridine rings is 1. The van der Waals surface area contributed by atoms with E-state index < -0.39 is 0 Å². The van der Waals surface area contributed by atoms with Crippen LogP contribution in [0.25, 0.3) is 0 Å². The third-order valence-corrected chi connectivity index (χ3v) is 4.49. The van der Waals surface area contributed by atoms with Crippen LogP contribution in [0.15, 0.2) is 42.7 Å². The predicted molar refractivity (Wildman–Crippen MR) is 98.0 cm³/mol. The van der Waals surface area contributed by atoms with Gasteiger partial charge in [0.05, 0.1) is 5.02 Å². The maximum absolute atomic E-state index is 13.3. The minimum Gasteiger partial charge on any atom is -0.316 e. The van der Waals surface area contributed by atoms with E-state index >= 15 is 0 Å². The van der Waals surface area contributed by atoms with Crippen LogP contribution < -0.4 is 5.32 Å². The highest BCUT2D eigenvalue weighted by atomic mass is 35.5. The van der Waals surface area contributed by atoms with Crippen LogP contribution in [-0.2, 0) is 13.1 Å². The van der Waals surface area contributed by atoms with Crippen LogP contribution in [0.4, 0.5) is 4.39 Å². The molecule has 1 aliphatic rings. The molecule has 24 heavy (non-hydrogen) atoms. The quantitative estimate of drug-likeness (QED) is 0.836. The van der Waals surface area contributed by atoms with Gasteiger partial charge in [-0.15, -0.1) is 12.4 Å². The van der Waals surface area contributed by atoms with Crippen LogP contribution in [0, 0.1) is 11.7 Å². The molecule has 130 valence electrons. The first kappa shape index (κ1) is 19.1. The number of benzene rings is 1. The van der Waals surface area contributed by atoms with Gasteiger partial charge in [0.1, 0.15) is 5.82 Å². The minimum atomic E-state index is -0.366. The molecule has 1 atom stereocenters. The van der Waals surface area contributed by atoms with Crippen molar-refractivity contribution in [1.82, 2.24) is 15.2 Å². The summed E-state index contributed by atoms with van der Waals surface area (Å²) >= 11 is 5.91. The van der Waals surface area contributed by atoms with Gasteiger partial charge in [0.2, 0.25) is 0 Å². The van der Waals surface area contributed by atoms with Crippen molar-refractivity contribution in [1.29, 1.82) is 0 Å². The van der Waals surface area contributed by atoms with E-state index in [1.54, 1.807) is 12.3 Å². The molecule has 0 radical (unpaired) electrons. The predicted octanol–water partition coefficient (Wildman–Crippen LogP) is 3.91. The smallest absolute Gasteiger partial charge is 0.141 e. The number of nitrogens with zero attached hydrogens (tertiary/aromatic N) is 2. The highest BCUT2D eigenvalue weighted by molar-refractivity contribution is 6.30.